The molecule has 152 valence electrons. The molecule has 3 rings (SSSR count). The maximum Gasteiger partial charge on any atom is 0.387 e. The van der Waals surface area contributed by atoms with Crippen molar-refractivity contribution >= 4 is 28.6 Å². The number of nitrogens with one attached hydrogen (secondary N) is 1. The molecule has 1 heterocycles. The summed E-state index contributed by atoms with van der Waals surface area (Å²) in [6, 6.07) is 12.2. The van der Waals surface area contributed by atoms with Crippen LogP contribution in [0.2, 0.25) is 0 Å². The van der Waals surface area contributed by atoms with Crippen LogP contribution in [0.15, 0.2) is 53.3 Å². The van der Waals surface area contributed by atoms with Gasteiger partial charge in [0.25, 0.3) is 5.91 Å². The zero-order valence-corrected chi connectivity index (χ0v) is 15.3. The molecule has 1 N–H and O–H groups in total. The van der Waals surface area contributed by atoms with E-state index >= 15 is 0 Å². The summed E-state index contributed by atoms with van der Waals surface area (Å²) in [6.45, 7) is -3.84. The van der Waals surface area contributed by atoms with Crippen molar-refractivity contribution in [1.82, 2.24) is 9.13 Å². The fraction of sp³-hybridized carbons (Fsp3) is 0.211. The second-order valence-corrected chi connectivity index (χ2v) is 6.03. The van der Waals surface area contributed by atoms with Crippen molar-refractivity contribution in [1.29, 1.82) is 0 Å². The minimum atomic E-state index is -2.94. The number of fused-ring (bicyclic) bond motifs is 1. The summed E-state index contributed by atoms with van der Waals surface area (Å²) >= 11 is 0. The summed E-state index contributed by atoms with van der Waals surface area (Å²) in [7, 11) is 1.59. The van der Waals surface area contributed by atoms with Gasteiger partial charge in [-0.1, -0.05) is 12.1 Å². The maximum atomic E-state index is 12.3. The van der Waals surface area contributed by atoms with Crippen molar-refractivity contribution in [2.45, 2.75) is 13.2 Å². The monoisotopic (exact) mass is 405 g/mol. The highest BCUT2D eigenvalue weighted by molar-refractivity contribution is 5.92. The average molecular weight is 405 g/mol. The Morgan fingerprint density at radius 1 is 1.07 bits per heavy atom. The van der Waals surface area contributed by atoms with Gasteiger partial charge in [0, 0.05) is 12.7 Å². The minimum Gasteiger partial charge on any atom is -0.454 e. The van der Waals surface area contributed by atoms with Gasteiger partial charge in [-0.2, -0.15) is 8.78 Å². The SMILES string of the molecule is Cn1c(=O)n(CC(=O)OCC(=O)Nc2ccc(OC(F)F)cc2)c2ccccc21. The lowest BCUT2D eigenvalue weighted by molar-refractivity contribution is -0.147. The van der Waals surface area contributed by atoms with Gasteiger partial charge in [-0.05, 0) is 36.4 Å². The van der Waals surface area contributed by atoms with Crippen LogP contribution in [-0.2, 0) is 27.9 Å². The Morgan fingerprint density at radius 2 is 1.72 bits per heavy atom. The Hall–Kier alpha value is -3.69. The largest absolute Gasteiger partial charge is 0.454 e. The van der Waals surface area contributed by atoms with E-state index in [2.05, 4.69) is 10.1 Å². The van der Waals surface area contributed by atoms with E-state index in [9.17, 15) is 23.2 Å². The van der Waals surface area contributed by atoms with Gasteiger partial charge in [-0.15, -0.1) is 0 Å². The molecule has 29 heavy (non-hydrogen) atoms. The van der Waals surface area contributed by atoms with Gasteiger partial charge in [0.1, 0.15) is 12.3 Å². The number of carbonyl (C=O) groups is 2. The molecule has 8 nitrogen and oxygen atoms in total. The van der Waals surface area contributed by atoms with Gasteiger partial charge < -0.3 is 14.8 Å². The number of aryl methyl sites for hydroxylation is 1. The number of ether oxygens (including phenoxy) is 2. The van der Waals surface area contributed by atoms with Gasteiger partial charge in [-0.3, -0.25) is 18.7 Å². The number of anilines is 1. The number of nitrogens with zero attached hydrogens (tertiary/aromatic N) is 2. The van der Waals surface area contributed by atoms with Gasteiger partial charge in [-0.25, -0.2) is 4.79 Å². The molecule has 0 aliphatic heterocycles. The molecule has 0 atom stereocenters. The third kappa shape index (κ3) is 4.78. The Labute approximate surface area is 163 Å². The Kier molecular flexibility index (Phi) is 5.91. The number of para-hydroxylation sites is 2. The van der Waals surface area contributed by atoms with Gasteiger partial charge in [0.2, 0.25) is 0 Å². The number of hydrogen-bond acceptors (Lipinski definition) is 5. The first kappa shape index (κ1) is 20.1. The van der Waals surface area contributed by atoms with Crippen molar-refractivity contribution in [2.24, 2.45) is 7.05 Å². The zero-order valence-electron chi connectivity index (χ0n) is 15.3. The summed E-state index contributed by atoms with van der Waals surface area (Å²) in [5.41, 5.74) is 1.19. The van der Waals surface area contributed by atoms with Crippen molar-refractivity contribution in [2.75, 3.05) is 11.9 Å². The van der Waals surface area contributed by atoms with Crippen LogP contribution in [0.1, 0.15) is 0 Å². The molecule has 0 saturated carbocycles. The molecule has 0 unspecified atom stereocenters. The molecular weight excluding hydrogens is 388 g/mol. The maximum absolute atomic E-state index is 12.3. The standard InChI is InChI=1S/C19H17F2N3O5/c1-23-14-4-2-3-5-15(14)24(19(23)27)10-17(26)28-11-16(25)22-12-6-8-13(9-7-12)29-18(20)21/h2-9,18H,10-11H2,1H3,(H,22,25). The van der Waals surface area contributed by atoms with Crippen molar-refractivity contribution in [3.05, 3.63) is 59.0 Å². The van der Waals surface area contributed by atoms with E-state index < -0.39 is 25.1 Å². The first-order chi connectivity index (χ1) is 13.8. The average Bonchev–Trinajstić information content (AvgIpc) is 2.93. The van der Waals surface area contributed by atoms with E-state index in [1.165, 1.54) is 33.4 Å². The molecule has 3 aromatic rings. The molecule has 1 amide bonds. The molecule has 1 aromatic heterocycles. The number of rotatable bonds is 7. The highest BCUT2D eigenvalue weighted by Gasteiger charge is 2.15. The van der Waals surface area contributed by atoms with Crippen LogP contribution in [0, 0.1) is 0 Å². The number of esters is 1. The Balaban J connectivity index is 1.55. The van der Waals surface area contributed by atoms with Crippen LogP contribution in [0.5, 0.6) is 5.75 Å². The van der Waals surface area contributed by atoms with Gasteiger partial charge >= 0.3 is 18.3 Å². The van der Waals surface area contributed by atoms with E-state index in [0.29, 0.717) is 16.7 Å². The van der Waals surface area contributed by atoms with Crippen LogP contribution in [-0.4, -0.2) is 34.2 Å². The predicted octanol–water partition coefficient (Wildman–Crippen LogP) is 2.12. The number of imidazole rings is 1. The molecule has 0 spiro atoms. The van der Waals surface area contributed by atoms with E-state index in [1.54, 1.807) is 31.3 Å². The van der Waals surface area contributed by atoms with Gasteiger partial charge in [0.15, 0.2) is 6.61 Å². The molecule has 0 aliphatic rings. The van der Waals surface area contributed by atoms with Crippen LogP contribution < -0.4 is 15.7 Å². The zero-order chi connectivity index (χ0) is 21.0. The molecule has 0 aliphatic carbocycles. The van der Waals surface area contributed by atoms with E-state index in [1.807, 2.05) is 0 Å². The number of benzene rings is 2. The number of hydrogen-bond donors (Lipinski definition) is 1. The third-order valence-corrected chi connectivity index (χ3v) is 4.07. The van der Waals surface area contributed by atoms with Gasteiger partial charge in [0.05, 0.1) is 11.0 Å². The Morgan fingerprint density at radius 3 is 2.38 bits per heavy atom. The minimum absolute atomic E-state index is 0.0510. The highest BCUT2D eigenvalue weighted by Crippen LogP contribution is 2.17. The van der Waals surface area contributed by atoms with Crippen LogP contribution in [0.3, 0.4) is 0 Å². The van der Waals surface area contributed by atoms with Crippen molar-refractivity contribution < 1.29 is 27.8 Å². The molecule has 0 fully saturated rings. The van der Waals surface area contributed by atoms with E-state index in [0.717, 1.165) is 0 Å². The van der Waals surface area contributed by atoms with Crippen LogP contribution in [0.4, 0.5) is 14.5 Å². The lowest BCUT2D eigenvalue weighted by Gasteiger charge is -2.08. The molecule has 0 saturated heterocycles. The third-order valence-electron chi connectivity index (χ3n) is 4.07. The fourth-order valence-electron chi connectivity index (χ4n) is 2.75. The summed E-state index contributed by atoms with van der Waals surface area (Å²) in [5.74, 6) is -1.42. The highest BCUT2D eigenvalue weighted by atomic mass is 19.3. The second kappa shape index (κ2) is 8.55. The molecule has 10 heteroatoms. The van der Waals surface area contributed by atoms with E-state index in [-0.39, 0.29) is 18.0 Å². The number of alkyl halides is 2. The van der Waals surface area contributed by atoms with Crippen molar-refractivity contribution in [3.63, 3.8) is 0 Å². The van der Waals surface area contributed by atoms with Crippen LogP contribution in [0.25, 0.3) is 11.0 Å². The lowest BCUT2D eigenvalue weighted by atomic mass is 10.3. The second-order valence-electron chi connectivity index (χ2n) is 6.03. The number of halogens is 2. The summed E-state index contributed by atoms with van der Waals surface area (Å²) in [5, 5.41) is 2.45. The fourth-order valence-corrected chi connectivity index (χ4v) is 2.75. The van der Waals surface area contributed by atoms with Crippen molar-refractivity contribution in [3.8, 4) is 5.75 Å². The predicted molar refractivity (Wildman–Crippen MR) is 99.8 cm³/mol. The topological polar surface area (TPSA) is 91.6 Å². The number of carbonyl (C=O) groups excluding carboxylic acids is 2. The lowest BCUT2D eigenvalue weighted by Crippen LogP contribution is -2.28. The first-order valence-electron chi connectivity index (χ1n) is 8.50. The Bertz CT molecular complexity index is 1090. The molecule has 0 bridgehead atoms. The van der Waals surface area contributed by atoms with Crippen LogP contribution >= 0.6 is 0 Å². The summed E-state index contributed by atoms with van der Waals surface area (Å²) < 4.78 is 36.0. The normalized spacial score (nSPS) is 10.9. The summed E-state index contributed by atoms with van der Waals surface area (Å²) in [6.07, 6.45) is 0. The van der Waals surface area contributed by atoms with E-state index in [4.69, 9.17) is 4.74 Å². The molecular formula is C19H17F2N3O5. The summed E-state index contributed by atoms with van der Waals surface area (Å²) in [4.78, 5) is 36.2. The quantitative estimate of drug-likeness (QED) is 0.608. The number of aromatic nitrogens is 2. The first-order valence-corrected chi connectivity index (χ1v) is 8.50. The molecule has 2 aromatic carbocycles. The smallest absolute Gasteiger partial charge is 0.387 e. The number of amides is 1. The molecule has 0 radical (unpaired) electrons.